The summed E-state index contributed by atoms with van der Waals surface area (Å²) in [5, 5.41) is 10.8. The van der Waals surface area contributed by atoms with E-state index in [2.05, 4.69) is 0 Å². The third-order valence-electron chi connectivity index (χ3n) is 4.46. The van der Waals surface area contributed by atoms with E-state index in [1.54, 1.807) is 29.2 Å². The summed E-state index contributed by atoms with van der Waals surface area (Å²) in [5.41, 5.74) is 1.53. The summed E-state index contributed by atoms with van der Waals surface area (Å²) in [6.07, 6.45) is 1.73. The highest BCUT2D eigenvalue weighted by Gasteiger charge is 2.45. The number of likely N-dealkylation sites (tertiary alicyclic amines) is 1. The van der Waals surface area contributed by atoms with Gasteiger partial charge >= 0.3 is 0 Å². The molecule has 0 saturated carbocycles. The number of rotatable bonds is 5. The molecule has 0 bridgehead atoms. The molecule has 3 rings (SSSR count). The van der Waals surface area contributed by atoms with Crippen LogP contribution < -0.4 is 0 Å². The van der Waals surface area contributed by atoms with E-state index < -0.39 is 17.7 Å². The summed E-state index contributed by atoms with van der Waals surface area (Å²) in [6.45, 7) is 2.53. The summed E-state index contributed by atoms with van der Waals surface area (Å²) in [6, 6.07) is 17.7. The van der Waals surface area contributed by atoms with Crippen LogP contribution in [-0.4, -0.2) is 28.2 Å². The fourth-order valence-corrected chi connectivity index (χ4v) is 3.17. The molecule has 0 aromatic heterocycles. The van der Waals surface area contributed by atoms with Crippen molar-refractivity contribution in [1.82, 2.24) is 4.90 Å². The second kappa shape index (κ2) is 7.34. The van der Waals surface area contributed by atoms with Crippen LogP contribution in [0.1, 0.15) is 36.9 Å². The molecule has 1 saturated heterocycles. The molecular formula is C21H21NO3. The maximum absolute atomic E-state index is 12.7. The molecule has 2 aromatic carbocycles. The molecule has 1 N–H and O–H groups in total. The smallest absolute Gasteiger partial charge is 0.295 e. The summed E-state index contributed by atoms with van der Waals surface area (Å²) in [5.74, 6) is -1.28. The maximum atomic E-state index is 12.7. The fourth-order valence-electron chi connectivity index (χ4n) is 3.17. The number of hydrogen-bond donors (Lipinski definition) is 1. The van der Waals surface area contributed by atoms with Crippen LogP contribution in [0.3, 0.4) is 0 Å². The number of carbonyl (C=O) groups is 2. The van der Waals surface area contributed by atoms with Crippen molar-refractivity contribution in [3.8, 4) is 0 Å². The van der Waals surface area contributed by atoms with Gasteiger partial charge in [-0.1, -0.05) is 74.0 Å². The molecule has 2 aromatic rings. The lowest BCUT2D eigenvalue weighted by atomic mass is 9.95. The summed E-state index contributed by atoms with van der Waals surface area (Å²) >= 11 is 0. The molecule has 4 nitrogen and oxygen atoms in total. The van der Waals surface area contributed by atoms with Gasteiger partial charge in [0, 0.05) is 12.1 Å². The van der Waals surface area contributed by atoms with E-state index in [0.717, 1.165) is 18.4 Å². The van der Waals surface area contributed by atoms with Crippen LogP contribution >= 0.6 is 0 Å². The Morgan fingerprint density at radius 2 is 1.60 bits per heavy atom. The fraction of sp³-hybridized carbons (Fsp3) is 0.238. The molecule has 0 spiro atoms. The van der Waals surface area contributed by atoms with Gasteiger partial charge in [-0.05, 0) is 12.0 Å². The minimum atomic E-state index is -0.619. The van der Waals surface area contributed by atoms with E-state index in [-0.39, 0.29) is 11.3 Å². The van der Waals surface area contributed by atoms with Gasteiger partial charge in [0.05, 0.1) is 11.6 Å². The van der Waals surface area contributed by atoms with Crippen molar-refractivity contribution in [3.63, 3.8) is 0 Å². The Balaban J connectivity index is 2.14. The molecule has 1 aliphatic rings. The van der Waals surface area contributed by atoms with Crippen LogP contribution in [-0.2, 0) is 9.59 Å². The van der Waals surface area contributed by atoms with Crippen LogP contribution in [0.5, 0.6) is 0 Å². The highest BCUT2D eigenvalue weighted by molar-refractivity contribution is 6.46. The van der Waals surface area contributed by atoms with E-state index in [1.807, 2.05) is 43.3 Å². The van der Waals surface area contributed by atoms with Crippen molar-refractivity contribution >= 4 is 17.4 Å². The van der Waals surface area contributed by atoms with Crippen LogP contribution in [0.25, 0.3) is 5.76 Å². The number of Topliss-reactive ketones (excluding diaryl/α,β-unsaturated/α-hetero) is 1. The van der Waals surface area contributed by atoms with Gasteiger partial charge in [-0.25, -0.2) is 0 Å². The molecule has 1 atom stereocenters. The Hall–Kier alpha value is -2.88. The van der Waals surface area contributed by atoms with Gasteiger partial charge in [0.25, 0.3) is 11.7 Å². The number of unbranched alkanes of at least 4 members (excludes halogenated alkanes) is 1. The zero-order valence-electron chi connectivity index (χ0n) is 14.2. The van der Waals surface area contributed by atoms with Gasteiger partial charge in [-0.3, -0.25) is 9.59 Å². The average Bonchev–Trinajstić information content (AvgIpc) is 2.91. The number of aliphatic hydroxyl groups excluding tert-OH is 1. The van der Waals surface area contributed by atoms with E-state index in [1.165, 1.54) is 0 Å². The number of hydrogen-bond acceptors (Lipinski definition) is 3. The summed E-state index contributed by atoms with van der Waals surface area (Å²) in [7, 11) is 0. The van der Waals surface area contributed by atoms with Crippen LogP contribution in [0, 0.1) is 0 Å². The predicted molar refractivity (Wildman–Crippen MR) is 96.8 cm³/mol. The lowest BCUT2D eigenvalue weighted by Crippen LogP contribution is -2.30. The molecule has 128 valence electrons. The quantitative estimate of drug-likeness (QED) is 0.512. The van der Waals surface area contributed by atoms with Gasteiger partial charge in [0.2, 0.25) is 0 Å². The number of carbonyl (C=O) groups excluding carboxylic acids is 2. The Labute approximate surface area is 147 Å². The molecule has 25 heavy (non-hydrogen) atoms. The first-order valence-electron chi connectivity index (χ1n) is 8.54. The lowest BCUT2D eigenvalue weighted by Gasteiger charge is -2.25. The van der Waals surface area contributed by atoms with E-state index >= 15 is 0 Å². The summed E-state index contributed by atoms with van der Waals surface area (Å²) in [4.78, 5) is 26.8. The van der Waals surface area contributed by atoms with Gasteiger partial charge in [-0.2, -0.15) is 0 Å². The highest BCUT2D eigenvalue weighted by Crippen LogP contribution is 2.39. The van der Waals surface area contributed by atoms with Crippen molar-refractivity contribution in [2.45, 2.75) is 25.8 Å². The number of nitrogens with zero attached hydrogens (tertiary/aromatic N) is 1. The molecule has 1 amide bonds. The highest BCUT2D eigenvalue weighted by atomic mass is 16.3. The Bertz CT molecular complexity index is 796. The normalized spacial score (nSPS) is 19.4. The van der Waals surface area contributed by atoms with Crippen molar-refractivity contribution < 1.29 is 14.7 Å². The maximum Gasteiger partial charge on any atom is 0.295 e. The van der Waals surface area contributed by atoms with Crippen LogP contribution in [0.15, 0.2) is 66.2 Å². The zero-order valence-corrected chi connectivity index (χ0v) is 14.2. The Morgan fingerprint density at radius 1 is 1.00 bits per heavy atom. The van der Waals surface area contributed by atoms with E-state index in [9.17, 15) is 14.7 Å². The first-order valence-corrected chi connectivity index (χ1v) is 8.54. The van der Waals surface area contributed by atoms with Gasteiger partial charge in [0.1, 0.15) is 5.76 Å². The molecule has 0 aliphatic carbocycles. The Morgan fingerprint density at radius 3 is 2.20 bits per heavy atom. The molecule has 1 fully saturated rings. The van der Waals surface area contributed by atoms with Gasteiger partial charge in [-0.15, -0.1) is 0 Å². The van der Waals surface area contributed by atoms with Gasteiger partial charge in [0.15, 0.2) is 0 Å². The van der Waals surface area contributed by atoms with Crippen LogP contribution in [0.2, 0.25) is 0 Å². The van der Waals surface area contributed by atoms with Crippen molar-refractivity contribution in [2.75, 3.05) is 6.54 Å². The third kappa shape index (κ3) is 3.20. The second-order valence-corrected chi connectivity index (χ2v) is 6.12. The van der Waals surface area contributed by atoms with E-state index in [4.69, 9.17) is 0 Å². The zero-order chi connectivity index (χ0) is 17.8. The molecule has 4 heteroatoms. The Kier molecular flexibility index (Phi) is 4.98. The lowest BCUT2D eigenvalue weighted by molar-refractivity contribution is -0.139. The molecular weight excluding hydrogens is 314 g/mol. The van der Waals surface area contributed by atoms with Crippen molar-refractivity contribution in [1.29, 1.82) is 0 Å². The second-order valence-electron chi connectivity index (χ2n) is 6.12. The molecule has 1 unspecified atom stereocenters. The first-order chi connectivity index (χ1) is 12.1. The topological polar surface area (TPSA) is 57.6 Å². The number of ketones is 1. The average molecular weight is 335 g/mol. The molecule has 1 heterocycles. The minimum Gasteiger partial charge on any atom is -0.507 e. The first kappa shape index (κ1) is 17.0. The van der Waals surface area contributed by atoms with Gasteiger partial charge < -0.3 is 10.0 Å². The SMILES string of the molecule is CCCCN1C(=O)C(=O)C(=C(O)c2ccccc2)C1c1ccccc1. The van der Waals surface area contributed by atoms with E-state index in [0.29, 0.717) is 12.1 Å². The van der Waals surface area contributed by atoms with Crippen LogP contribution in [0.4, 0.5) is 0 Å². The number of amides is 1. The largest absolute Gasteiger partial charge is 0.507 e. The third-order valence-corrected chi connectivity index (χ3v) is 4.46. The molecule has 0 radical (unpaired) electrons. The number of benzene rings is 2. The monoisotopic (exact) mass is 335 g/mol. The predicted octanol–water partition coefficient (Wildman–Crippen LogP) is 3.91. The number of aliphatic hydroxyl groups is 1. The van der Waals surface area contributed by atoms with Crippen molar-refractivity contribution in [3.05, 3.63) is 77.4 Å². The minimum absolute atomic E-state index is 0.119. The summed E-state index contributed by atoms with van der Waals surface area (Å²) < 4.78 is 0. The standard InChI is InChI=1S/C21H21NO3/c1-2-3-14-22-18(15-10-6-4-7-11-15)17(20(24)21(22)25)19(23)16-12-8-5-9-13-16/h4-13,18,23H,2-3,14H2,1H3. The van der Waals surface area contributed by atoms with Crippen molar-refractivity contribution in [2.24, 2.45) is 0 Å². The molecule has 1 aliphatic heterocycles.